The minimum atomic E-state index is 0.0829. The maximum Gasteiger partial charge on any atom is 0.166 e. The second kappa shape index (κ2) is 4.86. The summed E-state index contributed by atoms with van der Waals surface area (Å²) in [6.07, 6.45) is 1.05. The molecule has 0 radical (unpaired) electrons. The maximum atomic E-state index is 9.28. The lowest BCUT2D eigenvalue weighted by Crippen LogP contribution is -2.05. The molecule has 0 spiro atoms. The summed E-state index contributed by atoms with van der Waals surface area (Å²) >= 11 is 3.62. The first-order valence-electron chi connectivity index (χ1n) is 5.75. The van der Waals surface area contributed by atoms with E-state index in [-0.39, 0.29) is 18.6 Å². The first kappa shape index (κ1) is 12.7. The van der Waals surface area contributed by atoms with Crippen molar-refractivity contribution in [2.45, 2.75) is 32.3 Å². The Labute approximate surface area is 110 Å². The monoisotopic (exact) mass is 300 g/mol. The van der Waals surface area contributed by atoms with Crippen LogP contribution in [0.25, 0.3) is 0 Å². The summed E-state index contributed by atoms with van der Waals surface area (Å²) in [7, 11) is 1.64. The number of hydrogen-bond donors (Lipinski definition) is 1. The molecule has 17 heavy (non-hydrogen) atoms. The Morgan fingerprint density at radius 3 is 2.94 bits per heavy atom. The molecule has 0 fully saturated rings. The summed E-state index contributed by atoms with van der Waals surface area (Å²) in [6, 6.07) is 1.95. The van der Waals surface area contributed by atoms with Gasteiger partial charge in [0, 0.05) is 29.0 Å². The van der Waals surface area contributed by atoms with Gasteiger partial charge in [0.05, 0.1) is 7.11 Å². The molecule has 4 heteroatoms. The minimum Gasteiger partial charge on any atom is -0.493 e. The van der Waals surface area contributed by atoms with Crippen molar-refractivity contribution in [1.29, 1.82) is 0 Å². The fourth-order valence-corrected chi connectivity index (χ4v) is 2.99. The highest BCUT2D eigenvalue weighted by molar-refractivity contribution is 9.10. The van der Waals surface area contributed by atoms with Gasteiger partial charge in [0.2, 0.25) is 0 Å². The van der Waals surface area contributed by atoms with Gasteiger partial charge in [0.15, 0.2) is 11.5 Å². The van der Waals surface area contributed by atoms with E-state index in [1.807, 2.05) is 19.9 Å². The van der Waals surface area contributed by atoms with Crippen LogP contribution in [0.5, 0.6) is 11.5 Å². The first-order valence-corrected chi connectivity index (χ1v) is 6.54. The van der Waals surface area contributed by atoms with Crippen molar-refractivity contribution in [3.8, 4) is 11.5 Å². The van der Waals surface area contributed by atoms with Gasteiger partial charge >= 0.3 is 0 Å². The van der Waals surface area contributed by atoms with E-state index in [0.717, 1.165) is 33.5 Å². The SMILES string of the molecule is COc1cc(C(C)CO)c(Br)c2c1OC(C)C2. The zero-order chi connectivity index (χ0) is 12.6. The van der Waals surface area contributed by atoms with E-state index in [2.05, 4.69) is 15.9 Å². The number of methoxy groups -OCH3 is 1. The topological polar surface area (TPSA) is 38.7 Å². The number of aliphatic hydroxyl groups is 1. The van der Waals surface area contributed by atoms with Crippen LogP contribution in [0, 0.1) is 0 Å². The molecule has 94 valence electrons. The van der Waals surface area contributed by atoms with Gasteiger partial charge in [0.1, 0.15) is 6.10 Å². The highest BCUT2D eigenvalue weighted by Gasteiger charge is 2.28. The van der Waals surface area contributed by atoms with E-state index in [4.69, 9.17) is 9.47 Å². The molecule has 1 aliphatic heterocycles. The van der Waals surface area contributed by atoms with Crippen molar-refractivity contribution in [1.82, 2.24) is 0 Å². The molecule has 0 aliphatic carbocycles. The van der Waals surface area contributed by atoms with Crippen LogP contribution in [0.4, 0.5) is 0 Å². The summed E-state index contributed by atoms with van der Waals surface area (Å²) in [5, 5.41) is 9.28. The highest BCUT2D eigenvalue weighted by Crippen LogP contribution is 2.45. The van der Waals surface area contributed by atoms with Gasteiger partial charge in [-0.15, -0.1) is 0 Å². The van der Waals surface area contributed by atoms with E-state index in [0.29, 0.717) is 0 Å². The number of fused-ring (bicyclic) bond motifs is 1. The molecule has 0 aromatic heterocycles. The smallest absolute Gasteiger partial charge is 0.166 e. The third kappa shape index (κ3) is 2.16. The van der Waals surface area contributed by atoms with E-state index < -0.39 is 0 Å². The van der Waals surface area contributed by atoms with Crippen LogP contribution in [-0.4, -0.2) is 24.9 Å². The molecular formula is C13H17BrO3. The lowest BCUT2D eigenvalue weighted by atomic mass is 9.97. The van der Waals surface area contributed by atoms with Crippen LogP contribution in [0.1, 0.15) is 30.9 Å². The molecule has 0 bridgehead atoms. The molecule has 1 N–H and O–H groups in total. The van der Waals surface area contributed by atoms with Gasteiger partial charge in [-0.3, -0.25) is 0 Å². The second-order valence-electron chi connectivity index (χ2n) is 4.51. The average molecular weight is 301 g/mol. The maximum absolute atomic E-state index is 9.28. The normalized spacial score (nSPS) is 19.7. The van der Waals surface area contributed by atoms with Crippen molar-refractivity contribution in [2.24, 2.45) is 0 Å². The lowest BCUT2D eigenvalue weighted by molar-refractivity contribution is 0.243. The number of benzene rings is 1. The summed E-state index contributed by atoms with van der Waals surface area (Å²) in [6.45, 7) is 4.16. The van der Waals surface area contributed by atoms with Crippen LogP contribution in [0.3, 0.4) is 0 Å². The van der Waals surface area contributed by atoms with Crippen LogP contribution < -0.4 is 9.47 Å². The average Bonchev–Trinajstić information content (AvgIpc) is 2.71. The van der Waals surface area contributed by atoms with Gasteiger partial charge in [-0.2, -0.15) is 0 Å². The molecule has 0 saturated carbocycles. The Morgan fingerprint density at radius 1 is 1.65 bits per heavy atom. The van der Waals surface area contributed by atoms with E-state index in [1.54, 1.807) is 7.11 Å². The molecule has 3 nitrogen and oxygen atoms in total. The zero-order valence-corrected chi connectivity index (χ0v) is 11.9. The molecular weight excluding hydrogens is 284 g/mol. The third-order valence-corrected chi connectivity index (χ3v) is 4.07. The number of hydrogen-bond acceptors (Lipinski definition) is 3. The molecule has 2 rings (SSSR count). The van der Waals surface area contributed by atoms with Crippen LogP contribution >= 0.6 is 15.9 Å². The quantitative estimate of drug-likeness (QED) is 0.933. The van der Waals surface area contributed by atoms with E-state index in [1.165, 1.54) is 0 Å². The summed E-state index contributed by atoms with van der Waals surface area (Å²) < 4.78 is 12.2. The minimum absolute atomic E-state index is 0.0829. The van der Waals surface area contributed by atoms with E-state index >= 15 is 0 Å². The molecule has 1 heterocycles. The summed E-state index contributed by atoms with van der Waals surface area (Å²) in [4.78, 5) is 0. The predicted molar refractivity (Wildman–Crippen MR) is 70.0 cm³/mol. The van der Waals surface area contributed by atoms with Gasteiger partial charge < -0.3 is 14.6 Å². The molecule has 1 aliphatic rings. The molecule has 1 aromatic carbocycles. The fourth-order valence-electron chi connectivity index (χ4n) is 2.14. The fraction of sp³-hybridized carbons (Fsp3) is 0.538. The van der Waals surface area contributed by atoms with Crippen molar-refractivity contribution in [2.75, 3.05) is 13.7 Å². The molecule has 1 aromatic rings. The Kier molecular flexibility index (Phi) is 3.64. The lowest BCUT2D eigenvalue weighted by Gasteiger charge is -2.16. The number of halogens is 1. The molecule has 0 amide bonds. The number of aliphatic hydroxyl groups excluding tert-OH is 1. The second-order valence-corrected chi connectivity index (χ2v) is 5.30. The van der Waals surface area contributed by atoms with Crippen molar-refractivity contribution >= 4 is 15.9 Å². The Bertz CT molecular complexity index is 431. The zero-order valence-electron chi connectivity index (χ0n) is 10.3. The van der Waals surface area contributed by atoms with Crippen molar-refractivity contribution in [3.63, 3.8) is 0 Å². The van der Waals surface area contributed by atoms with Crippen molar-refractivity contribution in [3.05, 3.63) is 21.7 Å². The third-order valence-electron chi connectivity index (χ3n) is 3.14. The van der Waals surface area contributed by atoms with Crippen LogP contribution in [-0.2, 0) is 6.42 Å². The van der Waals surface area contributed by atoms with Gasteiger partial charge in [0.25, 0.3) is 0 Å². The van der Waals surface area contributed by atoms with Gasteiger partial charge in [-0.25, -0.2) is 0 Å². The first-order chi connectivity index (χ1) is 8.08. The Balaban J connectivity index is 2.55. The number of ether oxygens (including phenoxy) is 2. The largest absolute Gasteiger partial charge is 0.493 e. The summed E-state index contributed by atoms with van der Waals surface area (Å²) in [5.74, 6) is 1.67. The van der Waals surface area contributed by atoms with Crippen LogP contribution in [0.2, 0.25) is 0 Å². The highest BCUT2D eigenvalue weighted by atomic mass is 79.9. The van der Waals surface area contributed by atoms with Crippen LogP contribution in [0.15, 0.2) is 10.5 Å². The number of rotatable bonds is 3. The van der Waals surface area contributed by atoms with Gasteiger partial charge in [-0.05, 0) is 18.6 Å². The Morgan fingerprint density at radius 2 is 2.35 bits per heavy atom. The predicted octanol–water partition coefficient (Wildman–Crippen LogP) is 2.88. The Hall–Kier alpha value is -0.740. The van der Waals surface area contributed by atoms with Crippen molar-refractivity contribution < 1.29 is 14.6 Å². The molecule has 2 unspecified atom stereocenters. The molecule has 0 saturated heterocycles. The summed E-state index contributed by atoms with van der Waals surface area (Å²) in [5.41, 5.74) is 2.22. The standard InChI is InChI=1S/C13H17BrO3/c1-7(6-15)9-5-11(16-3)13-10(12(9)14)4-8(2)17-13/h5,7-8,15H,4,6H2,1-3H3. The van der Waals surface area contributed by atoms with Gasteiger partial charge in [-0.1, -0.05) is 22.9 Å². The molecule has 2 atom stereocenters. The van der Waals surface area contributed by atoms with E-state index in [9.17, 15) is 5.11 Å².